The molecular formula is C20H24ClNO2. The predicted molar refractivity (Wildman–Crippen MR) is 98.0 cm³/mol. The highest BCUT2D eigenvalue weighted by Gasteiger charge is 2.12. The van der Waals surface area contributed by atoms with Crippen LogP contribution in [0.25, 0.3) is 0 Å². The zero-order valence-corrected chi connectivity index (χ0v) is 14.7. The summed E-state index contributed by atoms with van der Waals surface area (Å²) >= 11 is 5.82. The maximum absolute atomic E-state index is 12.0. The van der Waals surface area contributed by atoms with E-state index in [1.165, 1.54) is 5.56 Å². The van der Waals surface area contributed by atoms with Gasteiger partial charge in [0, 0.05) is 18.0 Å². The number of amides is 1. The second kappa shape index (κ2) is 9.45. The van der Waals surface area contributed by atoms with Crippen LogP contribution in [-0.2, 0) is 11.2 Å². The minimum atomic E-state index is -0.717. The highest BCUT2D eigenvalue weighted by Crippen LogP contribution is 2.16. The van der Waals surface area contributed by atoms with Gasteiger partial charge in [-0.2, -0.15) is 0 Å². The first-order valence-electron chi connectivity index (χ1n) is 8.28. The van der Waals surface area contributed by atoms with Crippen LogP contribution in [0.2, 0.25) is 5.02 Å². The van der Waals surface area contributed by atoms with Crippen molar-refractivity contribution in [2.24, 2.45) is 5.92 Å². The van der Waals surface area contributed by atoms with Gasteiger partial charge in [0.15, 0.2) is 0 Å². The summed E-state index contributed by atoms with van der Waals surface area (Å²) in [6.07, 6.45) is 1.70. The Bertz CT molecular complexity index is 628. The van der Waals surface area contributed by atoms with Crippen molar-refractivity contribution >= 4 is 17.5 Å². The highest BCUT2D eigenvalue weighted by atomic mass is 35.5. The molecule has 0 radical (unpaired) electrons. The summed E-state index contributed by atoms with van der Waals surface area (Å²) in [5.74, 6) is 0.279. The van der Waals surface area contributed by atoms with Crippen LogP contribution in [-0.4, -0.2) is 17.6 Å². The van der Waals surface area contributed by atoms with Crippen molar-refractivity contribution in [3.8, 4) is 0 Å². The SMILES string of the molecule is CC(CCc1ccccc1)CC(=O)NCC(O)c1ccc(Cl)cc1. The number of hydrogen-bond acceptors (Lipinski definition) is 2. The molecule has 2 aromatic carbocycles. The summed E-state index contributed by atoms with van der Waals surface area (Å²) in [5, 5.41) is 13.5. The first-order chi connectivity index (χ1) is 11.5. The van der Waals surface area contributed by atoms with Crippen molar-refractivity contribution in [3.05, 3.63) is 70.7 Å². The van der Waals surface area contributed by atoms with Gasteiger partial charge in [-0.15, -0.1) is 0 Å². The molecule has 0 aliphatic heterocycles. The predicted octanol–water partition coefficient (Wildman–Crippen LogP) is 4.15. The molecule has 2 unspecified atom stereocenters. The van der Waals surface area contributed by atoms with E-state index >= 15 is 0 Å². The Labute approximate surface area is 148 Å². The molecule has 0 aliphatic carbocycles. The molecule has 0 saturated carbocycles. The third kappa shape index (κ3) is 6.34. The summed E-state index contributed by atoms with van der Waals surface area (Å²) in [6, 6.07) is 17.3. The number of halogens is 1. The van der Waals surface area contributed by atoms with Crippen LogP contribution >= 0.6 is 11.6 Å². The van der Waals surface area contributed by atoms with Gasteiger partial charge in [0.2, 0.25) is 5.91 Å². The summed E-state index contributed by atoms with van der Waals surface area (Å²) in [4.78, 5) is 12.0. The third-order valence-corrected chi connectivity index (χ3v) is 4.30. The molecule has 2 N–H and O–H groups in total. The van der Waals surface area contributed by atoms with E-state index in [4.69, 9.17) is 11.6 Å². The number of aliphatic hydroxyl groups excluding tert-OH is 1. The Morgan fingerprint density at radius 1 is 1.12 bits per heavy atom. The van der Waals surface area contributed by atoms with Gasteiger partial charge in [-0.1, -0.05) is 61.0 Å². The topological polar surface area (TPSA) is 49.3 Å². The Balaban J connectivity index is 1.69. The molecule has 0 bridgehead atoms. The summed E-state index contributed by atoms with van der Waals surface area (Å²) in [7, 11) is 0. The van der Waals surface area contributed by atoms with Crippen molar-refractivity contribution in [2.45, 2.75) is 32.3 Å². The van der Waals surface area contributed by atoms with Crippen LogP contribution in [0.4, 0.5) is 0 Å². The molecule has 1 amide bonds. The second-order valence-electron chi connectivity index (χ2n) is 6.20. The minimum Gasteiger partial charge on any atom is -0.387 e. The Hall–Kier alpha value is -1.84. The van der Waals surface area contributed by atoms with Gasteiger partial charge >= 0.3 is 0 Å². The smallest absolute Gasteiger partial charge is 0.220 e. The number of hydrogen-bond donors (Lipinski definition) is 2. The van der Waals surface area contributed by atoms with E-state index < -0.39 is 6.10 Å². The molecule has 2 aromatic rings. The van der Waals surface area contributed by atoms with E-state index in [0.29, 0.717) is 17.4 Å². The highest BCUT2D eigenvalue weighted by molar-refractivity contribution is 6.30. The van der Waals surface area contributed by atoms with Crippen molar-refractivity contribution in [1.82, 2.24) is 5.32 Å². The number of nitrogens with one attached hydrogen (secondary N) is 1. The molecule has 0 heterocycles. The lowest BCUT2D eigenvalue weighted by atomic mass is 9.98. The van der Waals surface area contributed by atoms with Gasteiger partial charge in [0.25, 0.3) is 0 Å². The largest absolute Gasteiger partial charge is 0.387 e. The van der Waals surface area contributed by atoms with Crippen LogP contribution < -0.4 is 5.32 Å². The summed E-state index contributed by atoms with van der Waals surface area (Å²) in [5.41, 5.74) is 2.04. The van der Waals surface area contributed by atoms with Crippen LogP contribution in [0.3, 0.4) is 0 Å². The van der Waals surface area contributed by atoms with Gasteiger partial charge in [-0.25, -0.2) is 0 Å². The number of carbonyl (C=O) groups excluding carboxylic acids is 1. The van der Waals surface area contributed by atoms with E-state index in [1.54, 1.807) is 24.3 Å². The maximum atomic E-state index is 12.0. The first kappa shape index (κ1) is 18.5. The van der Waals surface area contributed by atoms with Crippen molar-refractivity contribution in [3.63, 3.8) is 0 Å². The molecule has 128 valence electrons. The fourth-order valence-electron chi connectivity index (χ4n) is 2.56. The zero-order chi connectivity index (χ0) is 17.4. The molecule has 0 aromatic heterocycles. The lowest BCUT2D eigenvalue weighted by molar-refractivity contribution is -0.122. The second-order valence-corrected chi connectivity index (χ2v) is 6.64. The standard InChI is InChI=1S/C20H24ClNO2/c1-15(7-8-16-5-3-2-4-6-16)13-20(24)22-14-19(23)17-9-11-18(21)12-10-17/h2-6,9-12,15,19,23H,7-8,13-14H2,1H3,(H,22,24). The van der Waals surface area contributed by atoms with Gasteiger partial charge in [-0.3, -0.25) is 4.79 Å². The van der Waals surface area contributed by atoms with Gasteiger partial charge < -0.3 is 10.4 Å². The lowest BCUT2D eigenvalue weighted by Gasteiger charge is -2.15. The van der Waals surface area contributed by atoms with Crippen LogP contribution in [0, 0.1) is 5.92 Å². The average molecular weight is 346 g/mol. The summed E-state index contributed by atoms with van der Waals surface area (Å²) < 4.78 is 0. The summed E-state index contributed by atoms with van der Waals surface area (Å²) in [6.45, 7) is 2.30. The maximum Gasteiger partial charge on any atom is 0.220 e. The quantitative estimate of drug-likeness (QED) is 0.755. The number of aliphatic hydroxyl groups is 1. The Kier molecular flexibility index (Phi) is 7.29. The third-order valence-electron chi connectivity index (χ3n) is 4.05. The minimum absolute atomic E-state index is 0.0245. The fourth-order valence-corrected chi connectivity index (χ4v) is 2.69. The molecule has 0 fully saturated rings. The van der Waals surface area contributed by atoms with E-state index in [9.17, 15) is 9.90 Å². The molecule has 3 nitrogen and oxygen atoms in total. The average Bonchev–Trinajstić information content (AvgIpc) is 2.59. The number of benzene rings is 2. The first-order valence-corrected chi connectivity index (χ1v) is 8.66. The number of rotatable bonds is 8. The number of aryl methyl sites for hydroxylation is 1. The van der Waals surface area contributed by atoms with Crippen LogP contribution in [0.15, 0.2) is 54.6 Å². The lowest BCUT2D eigenvalue weighted by Crippen LogP contribution is -2.29. The molecule has 0 saturated heterocycles. The van der Waals surface area contributed by atoms with E-state index in [1.807, 2.05) is 18.2 Å². The molecule has 0 aliphatic rings. The molecule has 2 rings (SSSR count). The molecule has 2 atom stereocenters. The van der Waals surface area contributed by atoms with E-state index in [-0.39, 0.29) is 12.5 Å². The molecule has 0 spiro atoms. The van der Waals surface area contributed by atoms with E-state index in [2.05, 4.69) is 24.4 Å². The Morgan fingerprint density at radius 3 is 2.46 bits per heavy atom. The van der Waals surface area contributed by atoms with Crippen molar-refractivity contribution < 1.29 is 9.90 Å². The van der Waals surface area contributed by atoms with E-state index in [0.717, 1.165) is 18.4 Å². The molecule has 24 heavy (non-hydrogen) atoms. The Morgan fingerprint density at radius 2 is 1.79 bits per heavy atom. The normalized spacial score (nSPS) is 13.3. The monoisotopic (exact) mass is 345 g/mol. The number of carbonyl (C=O) groups is 1. The fraction of sp³-hybridized carbons (Fsp3) is 0.350. The van der Waals surface area contributed by atoms with Crippen molar-refractivity contribution in [2.75, 3.05) is 6.54 Å². The van der Waals surface area contributed by atoms with Gasteiger partial charge in [-0.05, 0) is 42.0 Å². The van der Waals surface area contributed by atoms with Crippen molar-refractivity contribution in [1.29, 1.82) is 0 Å². The van der Waals surface area contributed by atoms with Gasteiger partial charge in [0.05, 0.1) is 6.10 Å². The molecule has 4 heteroatoms. The van der Waals surface area contributed by atoms with Crippen LogP contribution in [0.5, 0.6) is 0 Å². The van der Waals surface area contributed by atoms with Gasteiger partial charge in [0.1, 0.15) is 0 Å². The zero-order valence-electron chi connectivity index (χ0n) is 13.9. The molecular weight excluding hydrogens is 322 g/mol. The van der Waals surface area contributed by atoms with Crippen LogP contribution in [0.1, 0.15) is 37.0 Å².